The molecule has 0 aromatic rings. The third-order valence-corrected chi connectivity index (χ3v) is 9.06. The van der Waals surface area contributed by atoms with Crippen molar-refractivity contribution in [1.82, 2.24) is 5.32 Å². The Kier molecular flexibility index (Phi) is 4.25. The van der Waals surface area contributed by atoms with Crippen LogP contribution in [0.25, 0.3) is 0 Å². The topological polar surface area (TPSA) is 92.7 Å². The summed E-state index contributed by atoms with van der Waals surface area (Å²) in [5, 5.41) is 14.4. The second kappa shape index (κ2) is 6.26. The highest BCUT2D eigenvalue weighted by atomic mass is 16.5. The molecule has 5 aliphatic rings. The van der Waals surface area contributed by atoms with E-state index in [0.717, 1.165) is 12.0 Å². The molecule has 1 spiro atoms. The standard InChI is InChI=1S/C24H33NO5/c1-10(2)8-14-17-12(4)11(3)9-13-18-16(19(26)15-6-7-23(18,5)30-15)20(27)21(28)24(13,17)22(29)25-14/h9-10,12-18,20,27H,6-8H2,1-5H3,(H,25,29)/t12-,13-,14+,15+,16+,17?,18-,20-,23-,24+/m1/s1. The van der Waals surface area contributed by atoms with E-state index in [1.165, 1.54) is 0 Å². The van der Waals surface area contributed by atoms with Crippen LogP contribution >= 0.6 is 0 Å². The van der Waals surface area contributed by atoms with E-state index >= 15 is 0 Å². The molecule has 5 rings (SSSR count). The van der Waals surface area contributed by atoms with Gasteiger partial charge in [-0.15, -0.1) is 0 Å². The molecule has 1 unspecified atom stereocenters. The number of carbonyl (C=O) groups excluding carboxylic acids is 3. The highest BCUT2D eigenvalue weighted by Crippen LogP contribution is 2.64. The molecular formula is C24H33NO5. The molecule has 3 saturated heterocycles. The normalized spacial score (nSPS) is 52.0. The highest BCUT2D eigenvalue weighted by Gasteiger charge is 2.76. The van der Waals surface area contributed by atoms with Crippen LogP contribution < -0.4 is 5.32 Å². The Morgan fingerprint density at radius 3 is 2.63 bits per heavy atom. The number of ketones is 2. The number of hydrogen-bond donors (Lipinski definition) is 2. The van der Waals surface area contributed by atoms with E-state index in [1.807, 2.05) is 6.92 Å². The molecule has 4 fully saturated rings. The molecule has 1 saturated carbocycles. The van der Waals surface area contributed by atoms with Crippen LogP contribution in [0.2, 0.25) is 0 Å². The Morgan fingerprint density at radius 2 is 1.97 bits per heavy atom. The Bertz CT molecular complexity index is 864. The van der Waals surface area contributed by atoms with Crippen molar-refractivity contribution in [3.8, 4) is 0 Å². The summed E-state index contributed by atoms with van der Waals surface area (Å²) in [5.41, 5.74) is -0.771. The summed E-state index contributed by atoms with van der Waals surface area (Å²) >= 11 is 0. The Morgan fingerprint density at radius 1 is 1.27 bits per heavy atom. The number of rotatable bonds is 2. The molecular weight excluding hydrogens is 382 g/mol. The molecule has 6 heteroatoms. The smallest absolute Gasteiger partial charge is 0.235 e. The second-order valence-corrected chi connectivity index (χ2v) is 11.1. The summed E-state index contributed by atoms with van der Waals surface area (Å²) in [6.45, 7) is 10.4. The lowest BCUT2D eigenvalue weighted by molar-refractivity contribution is -0.206. The zero-order chi connectivity index (χ0) is 21.7. The Balaban J connectivity index is 1.72. The van der Waals surface area contributed by atoms with Crippen molar-refractivity contribution in [1.29, 1.82) is 0 Å². The third-order valence-electron chi connectivity index (χ3n) is 9.06. The molecule has 2 aliphatic carbocycles. The van der Waals surface area contributed by atoms with Gasteiger partial charge in [0.05, 0.1) is 11.5 Å². The van der Waals surface area contributed by atoms with Gasteiger partial charge >= 0.3 is 0 Å². The molecule has 164 valence electrons. The number of Topliss-reactive ketones (excluding diaryl/α,β-unsaturated/α-hetero) is 2. The second-order valence-electron chi connectivity index (χ2n) is 11.1. The number of hydrogen-bond acceptors (Lipinski definition) is 5. The minimum Gasteiger partial charge on any atom is -0.385 e. The Hall–Kier alpha value is -1.53. The van der Waals surface area contributed by atoms with Gasteiger partial charge in [-0.05, 0) is 44.9 Å². The van der Waals surface area contributed by atoms with Gasteiger partial charge in [-0.3, -0.25) is 14.4 Å². The van der Waals surface area contributed by atoms with Gasteiger partial charge in [0.2, 0.25) is 5.91 Å². The van der Waals surface area contributed by atoms with E-state index in [1.54, 1.807) is 0 Å². The molecule has 30 heavy (non-hydrogen) atoms. The van der Waals surface area contributed by atoms with Crippen molar-refractivity contribution in [2.45, 2.75) is 77.7 Å². The number of amides is 1. The number of nitrogens with one attached hydrogen (secondary N) is 1. The number of ether oxygens (including phenoxy) is 1. The molecule has 3 aliphatic heterocycles. The van der Waals surface area contributed by atoms with E-state index in [2.05, 4.69) is 39.1 Å². The lowest BCUT2D eigenvalue weighted by atomic mass is 9.44. The van der Waals surface area contributed by atoms with Crippen LogP contribution in [0.4, 0.5) is 0 Å². The van der Waals surface area contributed by atoms with Crippen LogP contribution in [-0.2, 0) is 19.1 Å². The number of allylic oxidation sites excluding steroid dienone is 2. The lowest BCUT2D eigenvalue weighted by Crippen LogP contribution is -2.70. The molecule has 0 aromatic carbocycles. The van der Waals surface area contributed by atoms with Crippen LogP contribution in [0, 0.1) is 40.9 Å². The maximum Gasteiger partial charge on any atom is 0.235 e. The van der Waals surface area contributed by atoms with E-state index in [-0.39, 0.29) is 35.5 Å². The minimum absolute atomic E-state index is 0.0426. The predicted octanol–water partition coefficient (Wildman–Crippen LogP) is 2.04. The van der Waals surface area contributed by atoms with Gasteiger partial charge in [-0.2, -0.15) is 0 Å². The zero-order valence-electron chi connectivity index (χ0n) is 18.5. The maximum atomic E-state index is 13.9. The molecule has 2 N–H and O–H groups in total. The fraction of sp³-hybridized carbons (Fsp3) is 0.792. The van der Waals surface area contributed by atoms with Gasteiger partial charge in [-0.25, -0.2) is 0 Å². The fourth-order valence-corrected chi connectivity index (χ4v) is 7.79. The van der Waals surface area contributed by atoms with E-state index in [9.17, 15) is 19.5 Å². The highest BCUT2D eigenvalue weighted by molar-refractivity contribution is 6.13. The van der Waals surface area contributed by atoms with Gasteiger partial charge in [0, 0.05) is 23.8 Å². The quantitative estimate of drug-likeness (QED) is 0.532. The molecule has 3 heterocycles. The summed E-state index contributed by atoms with van der Waals surface area (Å²) in [6, 6.07) is -0.115. The van der Waals surface area contributed by atoms with Crippen LogP contribution in [0.15, 0.2) is 11.6 Å². The van der Waals surface area contributed by atoms with Gasteiger partial charge in [0.25, 0.3) is 0 Å². The van der Waals surface area contributed by atoms with E-state index < -0.39 is 40.8 Å². The van der Waals surface area contributed by atoms with Gasteiger partial charge in [-0.1, -0.05) is 32.4 Å². The number of carbonyl (C=O) groups is 3. The SMILES string of the molecule is CC1=C[C@@H]2[C@@H]3[C@@H](C(=O)[C@@H]4CC[C@@]3(C)O4)[C@@H](O)C(=O)[C@]23C(=O)N[C@@H](CC(C)C)C3[C@@H]1C. The first kappa shape index (κ1) is 20.4. The van der Waals surface area contributed by atoms with Gasteiger partial charge < -0.3 is 15.2 Å². The van der Waals surface area contributed by atoms with Crippen molar-refractivity contribution >= 4 is 17.5 Å². The molecule has 0 radical (unpaired) electrons. The molecule has 0 aromatic heterocycles. The summed E-state index contributed by atoms with van der Waals surface area (Å²) in [6.07, 6.45) is 2.21. The third kappa shape index (κ3) is 2.24. The first-order valence-corrected chi connectivity index (χ1v) is 11.5. The number of aliphatic hydroxyl groups is 1. The van der Waals surface area contributed by atoms with Gasteiger partial charge in [0.1, 0.15) is 17.6 Å². The van der Waals surface area contributed by atoms with Crippen molar-refractivity contribution < 1.29 is 24.2 Å². The molecule has 6 nitrogen and oxygen atoms in total. The van der Waals surface area contributed by atoms with Gasteiger partial charge in [0.15, 0.2) is 11.6 Å². The number of aliphatic hydroxyl groups excluding tert-OH is 1. The predicted molar refractivity (Wildman–Crippen MR) is 109 cm³/mol. The average molecular weight is 416 g/mol. The monoisotopic (exact) mass is 415 g/mol. The number of fused-ring (bicyclic) bond motifs is 5. The molecule has 10 atom stereocenters. The van der Waals surface area contributed by atoms with Crippen LogP contribution in [0.3, 0.4) is 0 Å². The van der Waals surface area contributed by atoms with Crippen LogP contribution in [0.5, 0.6) is 0 Å². The summed E-state index contributed by atoms with van der Waals surface area (Å²) in [4.78, 5) is 40.7. The Labute approximate surface area is 177 Å². The van der Waals surface area contributed by atoms with Crippen molar-refractivity contribution in [2.24, 2.45) is 40.9 Å². The summed E-state index contributed by atoms with van der Waals surface area (Å²) in [7, 11) is 0. The maximum absolute atomic E-state index is 13.9. The van der Waals surface area contributed by atoms with Crippen molar-refractivity contribution in [2.75, 3.05) is 0 Å². The lowest BCUT2D eigenvalue weighted by Gasteiger charge is -2.58. The van der Waals surface area contributed by atoms with Crippen LogP contribution in [-0.4, -0.2) is 46.4 Å². The van der Waals surface area contributed by atoms with E-state index in [4.69, 9.17) is 4.74 Å². The van der Waals surface area contributed by atoms with Crippen molar-refractivity contribution in [3.05, 3.63) is 11.6 Å². The summed E-state index contributed by atoms with van der Waals surface area (Å²) < 4.78 is 6.20. The average Bonchev–Trinajstić information content (AvgIpc) is 3.16. The zero-order valence-corrected chi connectivity index (χ0v) is 18.5. The van der Waals surface area contributed by atoms with E-state index in [0.29, 0.717) is 18.8 Å². The minimum atomic E-state index is -1.44. The van der Waals surface area contributed by atoms with Crippen LogP contribution in [0.1, 0.15) is 53.9 Å². The molecule has 2 bridgehead atoms. The summed E-state index contributed by atoms with van der Waals surface area (Å²) in [5.74, 6) is -2.27. The first-order chi connectivity index (χ1) is 14.0. The van der Waals surface area contributed by atoms with Crippen molar-refractivity contribution in [3.63, 3.8) is 0 Å². The largest absolute Gasteiger partial charge is 0.385 e. The molecule has 1 amide bonds. The fourth-order valence-electron chi connectivity index (χ4n) is 7.79. The first-order valence-electron chi connectivity index (χ1n) is 11.5.